The highest BCUT2D eigenvalue weighted by Gasteiger charge is 2.34. The van der Waals surface area contributed by atoms with Crippen LogP contribution in [-0.2, 0) is 62.4 Å². The number of aliphatic carboxylic acids is 2. The number of carboxylic acid groups (broad SMARTS) is 2. The molecule has 0 bridgehead atoms. The van der Waals surface area contributed by atoms with Gasteiger partial charge in [-0.15, -0.1) is 16.5 Å². The molecule has 0 saturated carbocycles. The molecule has 19 heteroatoms. The van der Waals surface area contributed by atoms with E-state index in [1.807, 2.05) is 0 Å². The molecule has 246 valence electrons. The molecule has 1 unspecified atom stereocenters. The van der Waals surface area contributed by atoms with Gasteiger partial charge in [0.2, 0.25) is 0 Å². The predicted octanol–water partition coefficient (Wildman–Crippen LogP) is -0.760. The minimum atomic E-state index is -1.08. The predicted molar refractivity (Wildman–Crippen MR) is 139 cm³/mol. The van der Waals surface area contributed by atoms with E-state index in [1.54, 1.807) is 0 Å². The number of hydroxylamine groups is 6. The summed E-state index contributed by atoms with van der Waals surface area (Å²) in [7, 11) is 0. The van der Waals surface area contributed by atoms with E-state index in [1.165, 1.54) is 0 Å². The number of hydrogen-bond donors (Lipinski definition) is 3. The summed E-state index contributed by atoms with van der Waals surface area (Å²) in [4.78, 5) is 117. The molecular formula is C26H31N3O16. The quantitative estimate of drug-likeness (QED) is 0.167. The van der Waals surface area contributed by atoms with E-state index in [9.17, 15) is 47.9 Å². The molecule has 6 amide bonds. The van der Waals surface area contributed by atoms with Crippen LogP contribution < -0.4 is 0 Å². The third-order valence-corrected chi connectivity index (χ3v) is 5.60. The second-order valence-corrected chi connectivity index (χ2v) is 9.12. The van der Waals surface area contributed by atoms with Gasteiger partial charge in [0, 0.05) is 45.1 Å². The standard InChI is InChI=1S/C12H12N2O8.C6H8O.C4H5NO3.C4H6O4/c15-7-1-2-8(16)13(7)21-11(19)5-6-12(20)22-14-9(17)3-4-10(14)18;1-2-6-4-3-5-7-6;6-3-1-2-4(7)5(3)8;5-3(6)1-2-4(7)8/h1-6H2;1,6H,3-5H2;8H,1-2H2;1-2H2,(H,5,6)(H,7,8)/i;1D;;. The molecule has 45 heavy (non-hydrogen) atoms. The Morgan fingerprint density at radius 3 is 1.38 bits per heavy atom. The van der Waals surface area contributed by atoms with Gasteiger partial charge in [0.1, 0.15) is 7.47 Å². The van der Waals surface area contributed by atoms with Crippen molar-refractivity contribution in [2.45, 2.75) is 83.2 Å². The van der Waals surface area contributed by atoms with Crippen LogP contribution in [-0.4, -0.2) is 103 Å². The van der Waals surface area contributed by atoms with E-state index in [2.05, 4.69) is 22.0 Å². The Kier molecular flexibility index (Phi) is 15.3. The molecule has 4 rings (SSSR count). The van der Waals surface area contributed by atoms with Crippen LogP contribution in [0.25, 0.3) is 0 Å². The third kappa shape index (κ3) is 14.2. The number of carbonyl (C=O) groups excluding carboxylic acids is 8. The Hall–Kier alpha value is -5.22. The lowest BCUT2D eigenvalue weighted by Crippen LogP contribution is -2.33. The Bertz CT molecular complexity index is 1170. The van der Waals surface area contributed by atoms with E-state index >= 15 is 0 Å². The van der Waals surface area contributed by atoms with Gasteiger partial charge in [0.25, 0.3) is 35.4 Å². The average molecular weight is 643 g/mol. The van der Waals surface area contributed by atoms with Crippen LogP contribution >= 0.6 is 0 Å². The van der Waals surface area contributed by atoms with E-state index in [-0.39, 0.29) is 62.5 Å². The highest BCUT2D eigenvalue weighted by atomic mass is 16.7. The topological polar surface area (TPSA) is 269 Å². The van der Waals surface area contributed by atoms with Gasteiger partial charge in [-0.25, -0.2) is 9.59 Å². The Labute approximate surface area is 256 Å². The average Bonchev–Trinajstić information content (AvgIpc) is 3.78. The Morgan fingerprint density at radius 1 is 0.733 bits per heavy atom. The van der Waals surface area contributed by atoms with Crippen LogP contribution in [0.5, 0.6) is 0 Å². The van der Waals surface area contributed by atoms with Crippen LogP contribution in [0.1, 0.15) is 78.4 Å². The fourth-order valence-electron chi connectivity index (χ4n) is 3.28. The molecule has 1 atom stereocenters. The van der Waals surface area contributed by atoms with E-state index in [4.69, 9.17) is 21.5 Å². The smallest absolute Gasteiger partial charge is 0.333 e. The van der Waals surface area contributed by atoms with Gasteiger partial charge < -0.3 is 24.6 Å². The van der Waals surface area contributed by atoms with Gasteiger partial charge in [-0.2, -0.15) is 5.06 Å². The zero-order valence-corrected chi connectivity index (χ0v) is 23.8. The second kappa shape index (κ2) is 19.1. The first-order valence-electron chi connectivity index (χ1n) is 13.8. The fraction of sp³-hybridized carbons (Fsp3) is 0.538. The first kappa shape index (κ1) is 36.0. The zero-order valence-electron chi connectivity index (χ0n) is 24.8. The van der Waals surface area contributed by atoms with Crippen molar-refractivity contribution in [3.8, 4) is 12.3 Å². The van der Waals surface area contributed by atoms with Crippen molar-refractivity contribution in [3.63, 3.8) is 0 Å². The molecule has 0 aromatic heterocycles. The van der Waals surface area contributed by atoms with E-state index in [0.717, 1.165) is 19.4 Å². The molecule has 19 nitrogen and oxygen atoms in total. The van der Waals surface area contributed by atoms with Gasteiger partial charge in [0.15, 0.2) is 0 Å². The maximum atomic E-state index is 11.4. The maximum Gasteiger partial charge on any atom is 0.333 e. The lowest BCUT2D eigenvalue weighted by molar-refractivity contribution is -0.201. The van der Waals surface area contributed by atoms with Crippen molar-refractivity contribution in [1.29, 1.82) is 0 Å². The maximum absolute atomic E-state index is 11.4. The molecule has 0 radical (unpaired) electrons. The van der Waals surface area contributed by atoms with Gasteiger partial charge in [-0.05, 0) is 12.8 Å². The van der Waals surface area contributed by atoms with Crippen LogP contribution in [0.3, 0.4) is 0 Å². The van der Waals surface area contributed by atoms with Crippen LogP contribution in [0.4, 0.5) is 0 Å². The summed E-state index contributed by atoms with van der Waals surface area (Å²) in [6.07, 6.45) is 2.88. The lowest BCUT2D eigenvalue weighted by atomic mass is 10.2. The molecule has 4 fully saturated rings. The largest absolute Gasteiger partial charge is 0.481 e. The second-order valence-electron chi connectivity index (χ2n) is 9.12. The number of carboxylic acids is 2. The highest BCUT2D eigenvalue weighted by Crippen LogP contribution is 2.15. The number of imide groups is 3. The van der Waals surface area contributed by atoms with Gasteiger partial charge in [0.05, 0.1) is 25.7 Å². The summed E-state index contributed by atoms with van der Waals surface area (Å²) in [6.45, 7) is 0.819. The van der Waals surface area contributed by atoms with Crippen LogP contribution in [0.2, 0.25) is 0 Å². The van der Waals surface area contributed by atoms with Crippen molar-refractivity contribution in [2.24, 2.45) is 0 Å². The first-order valence-corrected chi connectivity index (χ1v) is 13.3. The van der Waals surface area contributed by atoms with E-state index in [0.29, 0.717) is 10.1 Å². The molecule has 0 spiro atoms. The fourth-order valence-corrected chi connectivity index (χ4v) is 3.28. The monoisotopic (exact) mass is 642 g/mol. The SMILES string of the molecule is O=C(CCC(=O)ON1C(=O)CCC1=O)ON1C(=O)CCC1=O.O=C(O)CCC(=O)O.O=C1CCC(=O)N1O.[2H]C#CC1CCCO1. The minimum absolute atomic E-state index is 0.0344. The Morgan fingerprint density at radius 2 is 1.11 bits per heavy atom. The summed E-state index contributed by atoms with van der Waals surface area (Å²) in [6, 6.07) is 0. The number of amides is 6. The van der Waals surface area contributed by atoms with Crippen LogP contribution in [0.15, 0.2) is 0 Å². The van der Waals surface area contributed by atoms with E-state index < -0.39 is 72.2 Å². The highest BCUT2D eigenvalue weighted by molar-refractivity contribution is 6.02. The van der Waals surface area contributed by atoms with Crippen molar-refractivity contribution < 1.29 is 79.1 Å². The summed E-state index contributed by atoms with van der Waals surface area (Å²) in [5.74, 6) is -4.99. The van der Waals surface area contributed by atoms with Gasteiger partial charge in [-0.3, -0.25) is 43.6 Å². The molecule has 4 saturated heterocycles. The lowest BCUT2D eigenvalue weighted by Gasteiger charge is -2.13. The van der Waals surface area contributed by atoms with Crippen molar-refractivity contribution in [1.82, 2.24) is 15.2 Å². The summed E-state index contributed by atoms with van der Waals surface area (Å²) >= 11 is 0. The number of hydrogen-bond acceptors (Lipinski definition) is 14. The molecule has 3 N–H and O–H groups in total. The zero-order chi connectivity index (χ0) is 34.8. The first-order chi connectivity index (χ1) is 21.7. The van der Waals surface area contributed by atoms with Crippen molar-refractivity contribution in [3.05, 3.63) is 0 Å². The van der Waals surface area contributed by atoms with Crippen molar-refractivity contribution >= 4 is 59.3 Å². The normalized spacial score (nSPS) is 18.8. The van der Waals surface area contributed by atoms with Gasteiger partial charge >= 0.3 is 23.9 Å². The number of ether oxygens (including phenoxy) is 1. The number of nitrogens with zero attached hydrogens (tertiary/aromatic N) is 3. The third-order valence-electron chi connectivity index (χ3n) is 5.60. The summed E-state index contributed by atoms with van der Waals surface area (Å²) in [5, 5.41) is 25.1. The van der Waals surface area contributed by atoms with Gasteiger partial charge in [-0.1, -0.05) is 5.92 Å². The summed E-state index contributed by atoms with van der Waals surface area (Å²) < 4.78 is 11.6. The Balaban J connectivity index is 0.000000360. The minimum Gasteiger partial charge on any atom is -0.481 e. The molecule has 0 aromatic carbocycles. The number of terminal acetylenes is 1. The molecular weight excluding hydrogens is 610 g/mol. The van der Waals surface area contributed by atoms with Crippen LogP contribution in [0, 0.1) is 12.3 Å². The van der Waals surface area contributed by atoms with Crippen molar-refractivity contribution in [2.75, 3.05) is 6.61 Å². The number of rotatable bonds is 8. The molecule has 4 heterocycles. The number of carbonyl (C=O) groups is 10. The summed E-state index contributed by atoms with van der Waals surface area (Å²) in [5.41, 5.74) is 0. The molecule has 4 aliphatic rings. The molecule has 0 aromatic rings. The molecule has 0 aliphatic carbocycles. The molecule has 4 aliphatic heterocycles.